The number of piperidine rings is 1. The third-order valence-corrected chi connectivity index (χ3v) is 8.11. The van der Waals surface area contributed by atoms with Gasteiger partial charge in [0.2, 0.25) is 5.91 Å². The van der Waals surface area contributed by atoms with E-state index in [9.17, 15) is 14.9 Å². The van der Waals surface area contributed by atoms with E-state index in [4.69, 9.17) is 0 Å². The molecule has 3 N–H and O–H groups in total. The summed E-state index contributed by atoms with van der Waals surface area (Å²) in [5.41, 5.74) is 1.20. The molecule has 2 heterocycles. The Labute approximate surface area is 225 Å². The second-order valence-electron chi connectivity index (χ2n) is 10.7. The summed E-state index contributed by atoms with van der Waals surface area (Å²) < 4.78 is 0. The Morgan fingerprint density at radius 3 is 2.45 bits per heavy atom. The van der Waals surface area contributed by atoms with Crippen molar-refractivity contribution >= 4 is 17.6 Å². The van der Waals surface area contributed by atoms with Gasteiger partial charge >= 0.3 is 6.03 Å². The van der Waals surface area contributed by atoms with Crippen molar-refractivity contribution in [3.8, 4) is 6.07 Å². The predicted molar refractivity (Wildman–Crippen MR) is 149 cm³/mol. The molecule has 0 bridgehead atoms. The molecule has 1 aromatic carbocycles. The number of hydrogen-bond donors (Lipinski definition) is 3. The molecule has 2 aromatic rings. The zero-order chi connectivity index (χ0) is 27.0. The summed E-state index contributed by atoms with van der Waals surface area (Å²) in [5, 5.41) is 16.2. The van der Waals surface area contributed by atoms with Crippen molar-refractivity contribution in [1.29, 1.82) is 5.26 Å². The number of rotatable bonds is 8. The van der Waals surface area contributed by atoms with Gasteiger partial charge in [0.25, 0.3) is 0 Å². The van der Waals surface area contributed by atoms with E-state index in [-0.39, 0.29) is 17.7 Å². The lowest BCUT2D eigenvalue weighted by Gasteiger charge is -2.40. The van der Waals surface area contributed by atoms with Crippen LogP contribution in [0.1, 0.15) is 69.0 Å². The maximum absolute atomic E-state index is 14.5. The van der Waals surface area contributed by atoms with E-state index < -0.39 is 17.5 Å². The highest BCUT2D eigenvalue weighted by Crippen LogP contribution is 2.42. The fraction of sp³-hybridized carbons (Fsp3) is 0.533. The Balaban J connectivity index is 1.84. The first-order chi connectivity index (χ1) is 18.5. The van der Waals surface area contributed by atoms with Gasteiger partial charge in [0.05, 0.1) is 17.7 Å². The summed E-state index contributed by atoms with van der Waals surface area (Å²) in [6.07, 6.45) is 8.42. The molecule has 2 fully saturated rings. The Bertz CT molecular complexity index is 1120. The molecule has 0 radical (unpaired) electrons. The number of aromatic amines is 1. The van der Waals surface area contributed by atoms with Crippen molar-refractivity contribution < 1.29 is 9.59 Å². The number of aromatic nitrogens is 1. The van der Waals surface area contributed by atoms with Gasteiger partial charge in [-0.1, -0.05) is 49.6 Å². The number of urea groups is 1. The Morgan fingerprint density at radius 2 is 1.84 bits per heavy atom. The summed E-state index contributed by atoms with van der Waals surface area (Å²) >= 11 is 0. The van der Waals surface area contributed by atoms with Crippen LogP contribution in [-0.2, 0) is 4.79 Å². The number of H-pyrrole nitrogens is 1. The second-order valence-corrected chi connectivity index (χ2v) is 10.7. The van der Waals surface area contributed by atoms with Gasteiger partial charge < -0.3 is 20.5 Å². The third kappa shape index (κ3) is 6.51. The number of likely N-dealkylation sites (tertiary alicyclic amines) is 1. The normalized spacial score (nSPS) is 20.2. The van der Waals surface area contributed by atoms with E-state index in [0.717, 1.165) is 50.0 Å². The standard InChI is InChI=1S/C30H40N6O2/c1-3-32-29(38)34-27(23-13-8-5-9-14-23)26(28(37)35-30(21-31)16-19-36(2)20-17-30)25(24-15-10-18-33-24)22-11-6-4-7-12-22/h5,8-10,13-15,18,22,25-26,33H,3-4,6-7,11-12,16-17,19-20H2,1-2H3,(H,32,38)(H,35,37). The van der Waals surface area contributed by atoms with Gasteiger partial charge in [-0.15, -0.1) is 0 Å². The largest absolute Gasteiger partial charge is 0.365 e. The van der Waals surface area contributed by atoms with Crippen molar-refractivity contribution in [3.05, 3.63) is 59.9 Å². The minimum absolute atomic E-state index is 0.208. The fourth-order valence-corrected chi connectivity index (χ4v) is 6.01. The van der Waals surface area contributed by atoms with Crippen LogP contribution in [-0.4, -0.2) is 59.8 Å². The molecule has 8 heteroatoms. The van der Waals surface area contributed by atoms with Gasteiger partial charge in [-0.05, 0) is 63.3 Å². The Hall–Kier alpha value is -3.44. The van der Waals surface area contributed by atoms with Crippen molar-refractivity contribution in [2.75, 3.05) is 26.7 Å². The van der Waals surface area contributed by atoms with Crippen LogP contribution in [0.2, 0.25) is 0 Å². The molecule has 4 rings (SSSR count). The van der Waals surface area contributed by atoms with Crippen molar-refractivity contribution in [2.45, 2.75) is 63.3 Å². The molecule has 1 aromatic heterocycles. The van der Waals surface area contributed by atoms with Gasteiger partial charge in [0.1, 0.15) is 5.54 Å². The predicted octanol–water partition coefficient (Wildman–Crippen LogP) is 4.62. The number of hydrogen-bond acceptors (Lipinski definition) is 4. The molecule has 2 unspecified atom stereocenters. The minimum atomic E-state index is -0.942. The van der Waals surface area contributed by atoms with Crippen LogP contribution in [0.4, 0.5) is 4.79 Å². The van der Waals surface area contributed by atoms with Crippen molar-refractivity contribution in [2.24, 2.45) is 16.8 Å². The monoisotopic (exact) mass is 516 g/mol. The molecule has 1 aliphatic carbocycles. The molecule has 1 aliphatic heterocycles. The zero-order valence-electron chi connectivity index (χ0n) is 22.6. The van der Waals surface area contributed by atoms with Gasteiger partial charge in [-0.25, -0.2) is 4.79 Å². The molecule has 1 saturated carbocycles. The van der Waals surface area contributed by atoms with Crippen LogP contribution in [0.25, 0.3) is 0 Å². The third-order valence-electron chi connectivity index (χ3n) is 8.11. The number of carbonyl (C=O) groups is 2. The highest BCUT2D eigenvalue weighted by Gasteiger charge is 2.44. The molecule has 3 amide bonds. The van der Waals surface area contributed by atoms with Crippen molar-refractivity contribution in [1.82, 2.24) is 20.5 Å². The van der Waals surface area contributed by atoms with Crippen LogP contribution >= 0.6 is 0 Å². The van der Waals surface area contributed by atoms with Crippen LogP contribution in [0.15, 0.2) is 53.7 Å². The maximum atomic E-state index is 14.5. The number of nitriles is 1. The highest BCUT2D eigenvalue weighted by molar-refractivity contribution is 6.16. The summed E-state index contributed by atoms with van der Waals surface area (Å²) in [7, 11) is 2.03. The van der Waals surface area contributed by atoms with E-state index in [1.54, 1.807) is 0 Å². The van der Waals surface area contributed by atoms with Gasteiger partial charge in [0.15, 0.2) is 0 Å². The van der Waals surface area contributed by atoms with E-state index in [1.807, 2.05) is 62.6 Å². The molecular weight excluding hydrogens is 476 g/mol. The molecule has 8 nitrogen and oxygen atoms in total. The van der Waals surface area contributed by atoms with Crippen molar-refractivity contribution in [3.63, 3.8) is 0 Å². The topological polar surface area (TPSA) is 113 Å². The molecule has 2 atom stereocenters. The number of benzene rings is 1. The fourth-order valence-electron chi connectivity index (χ4n) is 6.01. The van der Waals surface area contributed by atoms with Crippen LogP contribution in [0, 0.1) is 23.2 Å². The first kappa shape index (κ1) is 27.6. The minimum Gasteiger partial charge on any atom is -0.365 e. The lowest BCUT2D eigenvalue weighted by Crippen LogP contribution is -2.57. The van der Waals surface area contributed by atoms with Gasteiger partial charge in [-0.2, -0.15) is 10.3 Å². The molecule has 0 spiro atoms. The van der Waals surface area contributed by atoms with E-state index in [1.165, 1.54) is 6.42 Å². The average Bonchev–Trinajstić information content (AvgIpc) is 3.47. The zero-order valence-corrected chi connectivity index (χ0v) is 22.6. The lowest BCUT2D eigenvalue weighted by molar-refractivity contribution is -0.126. The number of nitrogens with zero attached hydrogens (tertiary/aromatic N) is 3. The summed E-state index contributed by atoms with van der Waals surface area (Å²) in [6.45, 7) is 3.76. The summed E-state index contributed by atoms with van der Waals surface area (Å²) in [6, 6.07) is 15.5. The van der Waals surface area contributed by atoms with Crippen LogP contribution in [0.5, 0.6) is 0 Å². The Morgan fingerprint density at radius 1 is 1.13 bits per heavy atom. The molecule has 1 saturated heterocycles. The summed E-state index contributed by atoms with van der Waals surface area (Å²) in [5.74, 6) is -0.947. The summed E-state index contributed by atoms with van der Waals surface area (Å²) in [4.78, 5) is 37.5. The smallest absolute Gasteiger partial charge is 0.341 e. The first-order valence-electron chi connectivity index (χ1n) is 13.9. The molecule has 202 valence electrons. The number of nitrogens with one attached hydrogen (secondary N) is 3. The van der Waals surface area contributed by atoms with E-state index in [2.05, 4.69) is 31.6 Å². The average molecular weight is 517 g/mol. The van der Waals surface area contributed by atoms with E-state index in [0.29, 0.717) is 25.1 Å². The SMILES string of the molecule is CCNC(=O)N=C(c1ccccc1)C(C(=O)NC1(C#N)CCN(C)CC1)C(c1ccc[nH]1)C1CCCCC1. The lowest BCUT2D eigenvalue weighted by atomic mass is 9.69. The molecule has 38 heavy (non-hydrogen) atoms. The van der Waals surface area contributed by atoms with Crippen LogP contribution in [0.3, 0.4) is 0 Å². The number of aliphatic imine (C=N–C) groups is 1. The second kappa shape index (κ2) is 12.9. The number of carbonyl (C=O) groups excluding carboxylic acids is 2. The van der Waals surface area contributed by atoms with E-state index >= 15 is 0 Å². The Kier molecular flexibility index (Phi) is 9.35. The number of amides is 3. The van der Waals surface area contributed by atoms with Crippen LogP contribution < -0.4 is 10.6 Å². The van der Waals surface area contributed by atoms with Gasteiger partial charge in [0, 0.05) is 37.4 Å². The quantitative estimate of drug-likeness (QED) is 0.444. The molecule has 2 aliphatic rings. The maximum Gasteiger partial charge on any atom is 0.341 e. The molecular formula is C30H40N6O2. The van der Waals surface area contributed by atoms with Gasteiger partial charge in [-0.3, -0.25) is 4.79 Å². The highest BCUT2D eigenvalue weighted by atomic mass is 16.2. The first-order valence-corrected chi connectivity index (χ1v) is 13.9.